The highest BCUT2D eigenvalue weighted by molar-refractivity contribution is 14.1. The quantitative estimate of drug-likeness (QED) is 0.324. The van der Waals surface area contributed by atoms with E-state index in [2.05, 4.69) is 69.0 Å². The topological polar surface area (TPSA) is 0 Å². The number of thioether (sulfide) groups is 1. The van der Waals surface area contributed by atoms with Gasteiger partial charge in [0.1, 0.15) is 0 Å². The largest absolute Gasteiger partial charge is 0.156 e. The van der Waals surface area contributed by atoms with E-state index in [0.717, 1.165) is 13.7 Å². The summed E-state index contributed by atoms with van der Waals surface area (Å²) in [6.07, 6.45) is 0. The van der Waals surface area contributed by atoms with Crippen LogP contribution in [-0.2, 0) is 0 Å². The molecule has 0 aromatic rings. The molecule has 0 aromatic heterocycles. The first-order valence-electron chi connectivity index (χ1n) is 3.81. The van der Waals surface area contributed by atoms with E-state index in [9.17, 15) is 0 Å². The molecule has 1 atom stereocenters. The van der Waals surface area contributed by atoms with Gasteiger partial charge in [0.25, 0.3) is 0 Å². The first-order valence-corrected chi connectivity index (χ1v) is 7.29. The van der Waals surface area contributed by atoms with Crippen molar-refractivity contribution < 1.29 is 0 Å². The maximum atomic E-state index is 2.40. The fourth-order valence-electron chi connectivity index (χ4n) is 0.908. The van der Waals surface area contributed by atoms with Gasteiger partial charge in [0, 0.05) is 4.49 Å². The Bertz CT molecular complexity index is 109. The third-order valence-corrected chi connectivity index (χ3v) is 5.20. The first-order chi connectivity index (χ1) is 4.98. The van der Waals surface area contributed by atoms with Gasteiger partial charge in [-0.15, -0.1) is 20.2 Å². The van der Waals surface area contributed by atoms with Crippen LogP contribution in [0.15, 0.2) is 0 Å². The predicted octanol–water partition coefficient (Wildman–Crippen LogP) is 3.55. The van der Waals surface area contributed by atoms with E-state index in [-0.39, 0.29) is 0 Å². The molecule has 0 spiro atoms. The van der Waals surface area contributed by atoms with Gasteiger partial charge in [-0.05, 0) is 23.4 Å². The summed E-state index contributed by atoms with van der Waals surface area (Å²) in [4.78, 5) is 0. The molecule has 0 aliphatic heterocycles. The molecule has 0 bridgehead atoms. The second-order valence-corrected chi connectivity index (χ2v) is 8.57. The van der Waals surface area contributed by atoms with Crippen molar-refractivity contribution in [2.24, 2.45) is 0 Å². The zero-order chi connectivity index (χ0) is 8.91. The molecule has 0 nitrogen and oxygen atoms in total. The van der Waals surface area contributed by atoms with Crippen LogP contribution in [0.25, 0.3) is 0 Å². The number of rotatable bonds is 5. The molecule has 0 saturated carbocycles. The summed E-state index contributed by atoms with van der Waals surface area (Å²) in [6, 6.07) is 0. The van der Waals surface area contributed by atoms with Crippen molar-refractivity contribution in [2.75, 3.05) is 4.33 Å². The minimum atomic E-state index is 0.458. The Labute approximate surface area is 91.2 Å². The Morgan fingerprint density at radius 3 is 2.45 bits per heavy atom. The summed E-state index contributed by atoms with van der Waals surface area (Å²) in [5.41, 5.74) is 0. The van der Waals surface area contributed by atoms with Crippen LogP contribution in [0.2, 0.25) is 0 Å². The minimum absolute atomic E-state index is 0.458. The zero-order valence-corrected chi connectivity index (χ0v) is 11.6. The molecule has 65 valence electrons. The van der Waals surface area contributed by atoms with Crippen LogP contribution in [0.4, 0.5) is 0 Å². The Balaban J connectivity index is 3.61. The van der Waals surface area contributed by atoms with Gasteiger partial charge in [-0.25, -0.2) is 0 Å². The van der Waals surface area contributed by atoms with Gasteiger partial charge in [-0.3, -0.25) is 0 Å². The summed E-state index contributed by atoms with van der Waals surface area (Å²) < 4.78 is 1.64. The Morgan fingerprint density at radius 2 is 2.09 bits per heavy atom. The van der Waals surface area contributed by atoms with Gasteiger partial charge < -0.3 is 0 Å². The highest BCUT2D eigenvalue weighted by atomic mass is 127. The SMILES string of the molecule is CC(C)SC(C)(C)P[B]CI. The molecule has 0 heterocycles. The van der Waals surface area contributed by atoms with Gasteiger partial charge in [0.05, 0.1) is 0 Å². The summed E-state index contributed by atoms with van der Waals surface area (Å²) in [7, 11) is 0.982. The normalized spacial score (nSPS) is 13.3. The van der Waals surface area contributed by atoms with Gasteiger partial charge in [0.15, 0.2) is 7.00 Å². The van der Waals surface area contributed by atoms with Gasteiger partial charge in [-0.2, -0.15) is 0 Å². The van der Waals surface area contributed by atoms with E-state index < -0.39 is 0 Å². The third-order valence-electron chi connectivity index (χ3n) is 1.06. The molecule has 0 saturated heterocycles. The van der Waals surface area contributed by atoms with E-state index in [1.165, 1.54) is 4.33 Å². The van der Waals surface area contributed by atoms with Crippen molar-refractivity contribution in [3.8, 4) is 0 Å². The van der Waals surface area contributed by atoms with Crippen molar-refractivity contribution in [2.45, 2.75) is 37.4 Å². The Morgan fingerprint density at radius 1 is 1.55 bits per heavy atom. The second-order valence-electron chi connectivity index (χ2n) is 3.18. The molecule has 0 aliphatic carbocycles. The van der Waals surface area contributed by atoms with Crippen LogP contribution in [0.5, 0.6) is 0 Å². The third kappa shape index (κ3) is 7.92. The highest BCUT2D eigenvalue weighted by Gasteiger charge is 2.18. The van der Waals surface area contributed by atoms with Crippen molar-refractivity contribution in [1.82, 2.24) is 0 Å². The van der Waals surface area contributed by atoms with Crippen molar-refractivity contribution in [1.29, 1.82) is 0 Å². The molecule has 0 amide bonds. The molecule has 1 unspecified atom stereocenters. The van der Waals surface area contributed by atoms with E-state index >= 15 is 0 Å². The van der Waals surface area contributed by atoms with Crippen LogP contribution >= 0.6 is 42.8 Å². The van der Waals surface area contributed by atoms with Gasteiger partial charge >= 0.3 is 0 Å². The van der Waals surface area contributed by atoms with Crippen molar-refractivity contribution in [3.63, 3.8) is 0 Å². The smallest absolute Gasteiger partial charge is 0.149 e. The van der Waals surface area contributed by atoms with Gasteiger partial charge in [0.2, 0.25) is 0 Å². The molecule has 0 fully saturated rings. The average molecular weight is 301 g/mol. The summed E-state index contributed by atoms with van der Waals surface area (Å²) in [6.45, 7) is 11.6. The van der Waals surface area contributed by atoms with Crippen LogP contribution in [0, 0.1) is 0 Å². The Kier molecular flexibility index (Phi) is 6.97. The molecule has 0 aromatic carbocycles. The molecule has 0 rings (SSSR count). The van der Waals surface area contributed by atoms with Crippen LogP contribution in [0.3, 0.4) is 0 Å². The monoisotopic (exact) mass is 301 g/mol. The number of hydrogen-bond donors (Lipinski definition) is 0. The zero-order valence-electron chi connectivity index (χ0n) is 7.65. The molecule has 11 heavy (non-hydrogen) atoms. The average Bonchev–Trinajstić information content (AvgIpc) is 1.81. The summed E-state index contributed by atoms with van der Waals surface area (Å²) in [5.74, 6) is 0. The molecular formula is C7H16BIPS. The molecule has 4 heteroatoms. The lowest BCUT2D eigenvalue weighted by atomic mass is 10.2. The van der Waals surface area contributed by atoms with E-state index in [1.807, 2.05) is 0 Å². The number of halogens is 1. The fourth-order valence-corrected chi connectivity index (χ4v) is 4.54. The first kappa shape index (κ1) is 12.6. The summed E-state index contributed by atoms with van der Waals surface area (Å²) >= 11 is 4.48. The van der Waals surface area contributed by atoms with Crippen LogP contribution in [0.1, 0.15) is 27.7 Å². The summed E-state index contributed by atoms with van der Waals surface area (Å²) in [5, 5.41) is 0.750. The predicted molar refractivity (Wildman–Crippen MR) is 69.8 cm³/mol. The maximum Gasteiger partial charge on any atom is 0.156 e. The lowest BCUT2D eigenvalue weighted by Crippen LogP contribution is -2.12. The number of alkyl halides is 1. The minimum Gasteiger partial charge on any atom is -0.149 e. The molecule has 1 radical (unpaired) electrons. The van der Waals surface area contributed by atoms with Crippen molar-refractivity contribution >= 4 is 49.8 Å². The second kappa shape index (κ2) is 6.09. The lowest BCUT2D eigenvalue weighted by Gasteiger charge is -2.25. The van der Waals surface area contributed by atoms with E-state index in [1.54, 1.807) is 0 Å². The van der Waals surface area contributed by atoms with Crippen molar-refractivity contribution in [3.05, 3.63) is 0 Å². The van der Waals surface area contributed by atoms with Gasteiger partial charge in [-0.1, -0.05) is 36.4 Å². The van der Waals surface area contributed by atoms with E-state index in [0.29, 0.717) is 4.49 Å². The standard InChI is InChI=1S/C7H16BIPS/c1-6(2)11-7(3,4)10-8-5-9/h6,10H,5H2,1-4H3. The highest BCUT2D eigenvalue weighted by Crippen LogP contribution is 2.42. The van der Waals surface area contributed by atoms with Crippen LogP contribution < -0.4 is 0 Å². The van der Waals surface area contributed by atoms with Crippen LogP contribution in [-0.4, -0.2) is 21.1 Å². The fraction of sp³-hybridized carbons (Fsp3) is 1.00. The maximum absolute atomic E-state index is 2.40. The molecule has 0 aliphatic rings. The lowest BCUT2D eigenvalue weighted by molar-refractivity contribution is 0.993. The number of hydrogen-bond acceptors (Lipinski definition) is 1. The van der Waals surface area contributed by atoms with E-state index in [4.69, 9.17) is 0 Å². The molecule has 0 N–H and O–H groups in total. The molecular weight excluding hydrogens is 285 g/mol. The Hall–Kier alpha value is 1.57.